The molecular weight excluding hydrogens is 138 g/mol. The van der Waals surface area contributed by atoms with Crippen molar-refractivity contribution < 1.29 is 4.79 Å². The van der Waals surface area contributed by atoms with E-state index in [1.54, 1.807) is 6.92 Å². The highest BCUT2D eigenvalue weighted by molar-refractivity contribution is 5.59. The number of carbonyl (C=O) groups excluding carboxylic acids is 1. The Balaban J connectivity index is 4.95. The van der Waals surface area contributed by atoms with Gasteiger partial charge < -0.3 is 4.90 Å². The fourth-order valence-electron chi connectivity index (χ4n) is 1.21. The molecule has 0 unspecified atom stereocenters. The van der Waals surface area contributed by atoms with Gasteiger partial charge in [-0.15, -0.1) is 0 Å². The Morgan fingerprint density at radius 3 is 1.73 bits per heavy atom. The molecule has 0 N–H and O–H groups in total. The first-order chi connectivity index (χ1) is 5.00. The summed E-state index contributed by atoms with van der Waals surface area (Å²) in [6.07, 6.45) is 0. The summed E-state index contributed by atoms with van der Waals surface area (Å²) in [5, 5.41) is 0. The molecule has 0 bridgehead atoms. The average molecular weight is 153 g/mol. The van der Waals surface area contributed by atoms with E-state index in [1.165, 1.54) is 0 Å². The SMILES string of the molecule is CC(=C=O)C(=C(C)C)N(C)C. The quantitative estimate of drug-likeness (QED) is 0.444. The zero-order valence-electron chi connectivity index (χ0n) is 7.86. The van der Waals surface area contributed by atoms with Gasteiger partial charge in [0.15, 0.2) is 0 Å². The molecule has 0 saturated carbocycles. The highest BCUT2D eigenvalue weighted by atomic mass is 16.1. The summed E-state index contributed by atoms with van der Waals surface area (Å²) in [7, 11) is 3.84. The van der Waals surface area contributed by atoms with E-state index in [9.17, 15) is 4.79 Å². The van der Waals surface area contributed by atoms with E-state index in [0.717, 1.165) is 11.3 Å². The lowest BCUT2D eigenvalue weighted by Gasteiger charge is -2.17. The van der Waals surface area contributed by atoms with Crippen LogP contribution >= 0.6 is 0 Å². The van der Waals surface area contributed by atoms with Gasteiger partial charge in [0.05, 0.1) is 5.57 Å². The summed E-state index contributed by atoms with van der Waals surface area (Å²) >= 11 is 0. The largest absolute Gasteiger partial charge is 0.377 e. The minimum atomic E-state index is 0.662. The van der Waals surface area contributed by atoms with Gasteiger partial charge in [-0.2, -0.15) is 0 Å². The van der Waals surface area contributed by atoms with Crippen molar-refractivity contribution in [1.82, 2.24) is 4.90 Å². The predicted octanol–water partition coefficient (Wildman–Crippen LogP) is 1.62. The second-order valence-electron chi connectivity index (χ2n) is 2.97. The van der Waals surface area contributed by atoms with Crippen LogP contribution in [0, 0.1) is 0 Å². The Bertz CT molecular complexity index is 216. The Labute approximate surface area is 68.2 Å². The Morgan fingerprint density at radius 2 is 1.64 bits per heavy atom. The van der Waals surface area contributed by atoms with Crippen LogP contribution in [0.4, 0.5) is 0 Å². The summed E-state index contributed by atoms with van der Waals surface area (Å²) in [4.78, 5) is 12.3. The molecule has 0 aromatic rings. The van der Waals surface area contributed by atoms with Gasteiger partial charge in [-0.05, 0) is 20.8 Å². The lowest BCUT2D eigenvalue weighted by Crippen LogP contribution is -2.13. The molecule has 11 heavy (non-hydrogen) atoms. The average Bonchev–Trinajstić information content (AvgIpc) is 1.85. The van der Waals surface area contributed by atoms with Crippen LogP contribution in [0.2, 0.25) is 0 Å². The number of hydrogen-bond acceptors (Lipinski definition) is 2. The molecule has 0 atom stereocenters. The van der Waals surface area contributed by atoms with E-state index < -0.39 is 0 Å². The maximum atomic E-state index is 10.3. The number of allylic oxidation sites excluding steroid dienone is 2. The third kappa shape index (κ3) is 2.60. The van der Waals surface area contributed by atoms with Crippen LogP contribution in [-0.4, -0.2) is 24.9 Å². The molecular formula is C9H15NO. The molecule has 0 rings (SSSR count). The van der Waals surface area contributed by atoms with E-state index >= 15 is 0 Å². The molecule has 0 aliphatic carbocycles. The lowest BCUT2D eigenvalue weighted by molar-refractivity contribution is 0.512. The first-order valence-corrected chi connectivity index (χ1v) is 3.57. The standard InChI is InChI=1S/C9H15NO/c1-7(2)9(10(4)5)8(3)6-11/h1-5H3. The fourth-order valence-corrected chi connectivity index (χ4v) is 1.21. The molecule has 0 radical (unpaired) electrons. The number of nitrogens with zero attached hydrogens (tertiary/aromatic N) is 1. The summed E-state index contributed by atoms with van der Waals surface area (Å²) < 4.78 is 0. The first kappa shape index (κ1) is 9.99. The number of likely N-dealkylation sites (N-methyl/N-ethyl adjacent to an activating group) is 1. The van der Waals surface area contributed by atoms with Crippen molar-refractivity contribution in [2.24, 2.45) is 0 Å². The zero-order valence-corrected chi connectivity index (χ0v) is 7.86. The molecule has 62 valence electrons. The topological polar surface area (TPSA) is 20.3 Å². The zero-order chi connectivity index (χ0) is 9.02. The van der Waals surface area contributed by atoms with Crippen LogP contribution in [0.1, 0.15) is 20.8 Å². The number of hydrogen-bond donors (Lipinski definition) is 0. The molecule has 0 aliphatic rings. The van der Waals surface area contributed by atoms with E-state index in [4.69, 9.17) is 0 Å². The van der Waals surface area contributed by atoms with Gasteiger partial charge in [-0.3, -0.25) is 0 Å². The molecule has 0 heterocycles. The molecule has 0 aromatic carbocycles. The van der Waals surface area contributed by atoms with Crippen molar-refractivity contribution in [3.05, 3.63) is 16.8 Å². The van der Waals surface area contributed by atoms with Gasteiger partial charge in [-0.1, -0.05) is 5.57 Å². The van der Waals surface area contributed by atoms with Crippen LogP contribution in [0.5, 0.6) is 0 Å². The normalized spacial score (nSPS) is 8.45. The minimum Gasteiger partial charge on any atom is -0.377 e. The van der Waals surface area contributed by atoms with E-state index in [-0.39, 0.29) is 0 Å². The highest BCUT2D eigenvalue weighted by Crippen LogP contribution is 2.13. The van der Waals surface area contributed by atoms with Crippen LogP contribution in [0.25, 0.3) is 0 Å². The highest BCUT2D eigenvalue weighted by Gasteiger charge is 2.04. The second-order valence-corrected chi connectivity index (χ2v) is 2.97. The smallest absolute Gasteiger partial charge is 0.129 e. The molecule has 0 spiro atoms. The van der Waals surface area contributed by atoms with Gasteiger partial charge in [0.25, 0.3) is 0 Å². The van der Waals surface area contributed by atoms with E-state index in [0.29, 0.717) is 5.57 Å². The van der Waals surface area contributed by atoms with Crippen molar-refractivity contribution in [2.75, 3.05) is 14.1 Å². The maximum absolute atomic E-state index is 10.3. The second kappa shape index (κ2) is 3.99. The molecule has 0 amide bonds. The molecule has 0 saturated heterocycles. The third-order valence-electron chi connectivity index (χ3n) is 1.43. The van der Waals surface area contributed by atoms with Crippen molar-refractivity contribution in [3.8, 4) is 0 Å². The van der Waals surface area contributed by atoms with Gasteiger partial charge in [0.2, 0.25) is 0 Å². The van der Waals surface area contributed by atoms with Crippen LogP contribution in [0.15, 0.2) is 16.8 Å². The molecule has 2 nitrogen and oxygen atoms in total. The van der Waals surface area contributed by atoms with Crippen molar-refractivity contribution in [2.45, 2.75) is 20.8 Å². The van der Waals surface area contributed by atoms with Crippen LogP contribution in [-0.2, 0) is 4.79 Å². The first-order valence-electron chi connectivity index (χ1n) is 3.57. The Hall–Kier alpha value is -1.01. The van der Waals surface area contributed by atoms with Crippen LogP contribution in [0.3, 0.4) is 0 Å². The Morgan fingerprint density at radius 1 is 1.18 bits per heavy atom. The van der Waals surface area contributed by atoms with Crippen molar-refractivity contribution in [1.29, 1.82) is 0 Å². The minimum absolute atomic E-state index is 0.662. The van der Waals surface area contributed by atoms with E-state index in [1.807, 2.05) is 38.8 Å². The van der Waals surface area contributed by atoms with Gasteiger partial charge in [0, 0.05) is 19.8 Å². The third-order valence-corrected chi connectivity index (χ3v) is 1.43. The fraction of sp³-hybridized carbons (Fsp3) is 0.556. The van der Waals surface area contributed by atoms with Crippen molar-refractivity contribution >= 4 is 5.94 Å². The van der Waals surface area contributed by atoms with Gasteiger partial charge >= 0.3 is 0 Å². The maximum Gasteiger partial charge on any atom is 0.129 e. The summed E-state index contributed by atoms with van der Waals surface area (Å²) in [5.74, 6) is 1.89. The summed E-state index contributed by atoms with van der Waals surface area (Å²) in [6, 6.07) is 0. The lowest BCUT2D eigenvalue weighted by atomic mass is 10.1. The monoisotopic (exact) mass is 153 g/mol. The molecule has 0 aromatic heterocycles. The van der Waals surface area contributed by atoms with E-state index in [2.05, 4.69) is 0 Å². The summed E-state index contributed by atoms with van der Waals surface area (Å²) in [5.41, 5.74) is 2.77. The predicted molar refractivity (Wildman–Crippen MR) is 46.9 cm³/mol. The number of rotatable bonds is 2. The van der Waals surface area contributed by atoms with Crippen molar-refractivity contribution in [3.63, 3.8) is 0 Å². The molecule has 0 aliphatic heterocycles. The molecule has 2 heteroatoms. The molecule has 0 fully saturated rings. The van der Waals surface area contributed by atoms with Crippen LogP contribution < -0.4 is 0 Å². The van der Waals surface area contributed by atoms with Gasteiger partial charge in [0.1, 0.15) is 5.94 Å². The summed E-state index contributed by atoms with van der Waals surface area (Å²) in [6.45, 7) is 5.74. The Kier molecular flexibility index (Phi) is 3.63. The van der Waals surface area contributed by atoms with Gasteiger partial charge in [-0.25, -0.2) is 4.79 Å².